The van der Waals surface area contributed by atoms with E-state index in [2.05, 4.69) is 31.3 Å². The van der Waals surface area contributed by atoms with Crippen LogP contribution in [0.3, 0.4) is 0 Å². The van der Waals surface area contributed by atoms with Crippen molar-refractivity contribution in [3.63, 3.8) is 0 Å². The van der Waals surface area contributed by atoms with Gasteiger partial charge in [0, 0.05) is 17.5 Å². The highest BCUT2D eigenvalue weighted by molar-refractivity contribution is 7.16. The van der Waals surface area contributed by atoms with Crippen LogP contribution in [0, 0.1) is 10.1 Å². The molecule has 0 fully saturated rings. The van der Waals surface area contributed by atoms with Gasteiger partial charge in [0.1, 0.15) is 0 Å². The van der Waals surface area contributed by atoms with Crippen LogP contribution < -0.4 is 5.32 Å². The summed E-state index contributed by atoms with van der Waals surface area (Å²) in [6.07, 6.45) is -0.704. The van der Waals surface area contributed by atoms with E-state index in [1.165, 1.54) is 23.0 Å². The number of nitrogens with one attached hydrogen (secondary N) is 1. The molecule has 1 atom stereocenters. The zero-order valence-corrected chi connectivity index (χ0v) is 13.7. The van der Waals surface area contributed by atoms with Gasteiger partial charge in [0.15, 0.2) is 5.00 Å². The third kappa shape index (κ3) is 3.84. The number of nitrogens with zero attached hydrogens (tertiary/aromatic N) is 1. The third-order valence-electron chi connectivity index (χ3n) is 3.44. The zero-order chi connectivity index (χ0) is 16.3. The van der Waals surface area contributed by atoms with Gasteiger partial charge in [-0.25, -0.2) is 0 Å². The number of aliphatic hydroxyl groups excluding tert-OH is 1. The molecule has 6 heteroatoms. The summed E-state index contributed by atoms with van der Waals surface area (Å²) < 4.78 is 0. The average Bonchev–Trinajstić information content (AvgIpc) is 2.90. The Morgan fingerprint density at radius 1 is 1.27 bits per heavy atom. The van der Waals surface area contributed by atoms with Crippen LogP contribution in [-0.4, -0.2) is 10.0 Å². The molecule has 2 rings (SSSR count). The normalized spacial score (nSPS) is 12.4. The summed E-state index contributed by atoms with van der Waals surface area (Å²) in [7, 11) is 0. The molecular weight excluding hydrogens is 300 g/mol. The lowest BCUT2D eigenvalue weighted by Crippen LogP contribution is -2.00. The number of aliphatic hydroxyl groups is 1. The van der Waals surface area contributed by atoms with Gasteiger partial charge in [-0.3, -0.25) is 10.1 Å². The van der Waals surface area contributed by atoms with E-state index in [4.69, 9.17) is 0 Å². The van der Waals surface area contributed by atoms with Crippen molar-refractivity contribution in [2.75, 3.05) is 5.32 Å². The quantitative estimate of drug-likeness (QED) is 0.609. The van der Waals surface area contributed by atoms with E-state index in [0.717, 1.165) is 5.56 Å². The van der Waals surface area contributed by atoms with E-state index >= 15 is 0 Å². The molecule has 22 heavy (non-hydrogen) atoms. The van der Waals surface area contributed by atoms with Crippen LogP contribution in [0.2, 0.25) is 0 Å². The average molecular weight is 320 g/mol. The highest BCUT2D eigenvalue weighted by atomic mass is 32.1. The summed E-state index contributed by atoms with van der Waals surface area (Å²) in [5.74, 6) is 0.481. The number of rotatable bonds is 6. The molecule has 5 nitrogen and oxygen atoms in total. The minimum Gasteiger partial charge on any atom is -0.388 e. The van der Waals surface area contributed by atoms with E-state index in [1.54, 1.807) is 6.92 Å². The van der Waals surface area contributed by atoms with E-state index in [9.17, 15) is 15.2 Å². The number of nitro groups is 1. The Morgan fingerprint density at radius 2 is 1.91 bits per heavy atom. The molecule has 0 spiro atoms. The fourth-order valence-corrected chi connectivity index (χ4v) is 3.03. The van der Waals surface area contributed by atoms with Gasteiger partial charge in [-0.1, -0.05) is 38.1 Å². The molecule has 2 N–H and O–H groups in total. The molecule has 0 aliphatic heterocycles. The van der Waals surface area contributed by atoms with Crippen molar-refractivity contribution < 1.29 is 10.0 Å². The molecule has 118 valence electrons. The van der Waals surface area contributed by atoms with Crippen molar-refractivity contribution in [2.45, 2.75) is 39.3 Å². The summed E-state index contributed by atoms with van der Waals surface area (Å²) in [6.45, 7) is 6.39. The van der Waals surface area contributed by atoms with Gasteiger partial charge >= 0.3 is 5.69 Å². The van der Waals surface area contributed by atoms with Crippen LogP contribution in [0.5, 0.6) is 0 Å². The Morgan fingerprint density at radius 3 is 2.41 bits per heavy atom. The second-order valence-corrected chi connectivity index (χ2v) is 6.63. The summed E-state index contributed by atoms with van der Waals surface area (Å²) >= 11 is 1.22. The van der Waals surface area contributed by atoms with Crippen LogP contribution in [0.25, 0.3) is 0 Å². The Kier molecular flexibility index (Phi) is 5.15. The second-order valence-electron chi connectivity index (χ2n) is 5.55. The lowest BCUT2D eigenvalue weighted by Gasteiger charge is -2.08. The molecule has 1 aromatic heterocycles. The van der Waals surface area contributed by atoms with Gasteiger partial charge in [-0.05, 0) is 24.0 Å². The monoisotopic (exact) mass is 320 g/mol. The SMILES string of the molecule is CC(C)c1ccc(CNc2sc([C@@H](C)O)cc2[N+](=O)[O-])cc1. The topological polar surface area (TPSA) is 75.4 Å². The largest absolute Gasteiger partial charge is 0.388 e. The minimum atomic E-state index is -0.704. The Hall–Kier alpha value is -1.92. The van der Waals surface area contributed by atoms with Crippen LogP contribution in [0.1, 0.15) is 48.8 Å². The first-order valence-electron chi connectivity index (χ1n) is 7.17. The molecule has 0 aliphatic rings. The second kappa shape index (κ2) is 6.89. The highest BCUT2D eigenvalue weighted by Crippen LogP contribution is 2.37. The van der Waals surface area contributed by atoms with Crippen LogP contribution in [0.15, 0.2) is 30.3 Å². The predicted octanol–water partition coefficient (Wildman–Crippen LogP) is 4.45. The Balaban J connectivity index is 2.12. The van der Waals surface area contributed by atoms with Crippen molar-refractivity contribution in [1.29, 1.82) is 0 Å². The summed E-state index contributed by atoms with van der Waals surface area (Å²) in [4.78, 5) is 11.2. The van der Waals surface area contributed by atoms with Gasteiger partial charge in [0.2, 0.25) is 0 Å². The van der Waals surface area contributed by atoms with Gasteiger partial charge in [-0.15, -0.1) is 11.3 Å². The molecule has 0 saturated heterocycles. The van der Waals surface area contributed by atoms with E-state index in [1.807, 2.05) is 12.1 Å². The molecule has 0 amide bonds. The van der Waals surface area contributed by atoms with Crippen LogP contribution in [0.4, 0.5) is 10.7 Å². The number of benzene rings is 1. The van der Waals surface area contributed by atoms with Crippen LogP contribution >= 0.6 is 11.3 Å². The summed E-state index contributed by atoms with van der Waals surface area (Å²) in [6, 6.07) is 9.63. The highest BCUT2D eigenvalue weighted by Gasteiger charge is 2.20. The van der Waals surface area contributed by atoms with E-state index in [-0.39, 0.29) is 5.69 Å². The molecule has 0 saturated carbocycles. The summed E-state index contributed by atoms with van der Waals surface area (Å²) in [5.41, 5.74) is 2.34. The minimum absolute atomic E-state index is 0.0136. The van der Waals surface area contributed by atoms with Gasteiger partial charge in [-0.2, -0.15) is 0 Å². The maximum atomic E-state index is 11.1. The first-order valence-corrected chi connectivity index (χ1v) is 7.99. The van der Waals surface area contributed by atoms with Gasteiger partial charge in [0.25, 0.3) is 0 Å². The van der Waals surface area contributed by atoms with Gasteiger partial charge < -0.3 is 10.4 Å². The molecule has 0 bridgehead atoms. The smallest absolute Gasteiger partial charge is 0.303 e. The molecular formula is C16H20N2O3S. The molecule has 0 unspecified atom stereocenters. The van der Waals surface area contributed by atoms with Crippen molar-refractivity contribution in [3.8, 4) is 0 Å². The fraction of sp³-hybridized carbons (Fsp3) is 0.375. The lowest BCUT2D eigenvalue weighted by atomic mass is 10.0. The van der Waals surface area contributed by atoms with Crippen LogP contribution in [-0.2, 0) is 6.54 Å². The molecule has 2 aromatic rings. The first kappa shape index (κ1) is 16.5. The van der Waals surface area contributed by atoms with Crippen molar-refractivity contribution in [3.05, 3.63) is 56.5 Å². The Bertz CT molecular complexity index is 648. The van der Waals surface area contributed by atoms with Crippen molar-refractivity contribution in [2.24, 2.45) is 0 Å². The number of hydrogen-bond donors (Lipinski definition) is 2. The zero-order valence-electron chi connectivity index (χ0n) is 12.9. The van der Waals surface area contributed by atoms with Crippen molar-refractivity contribution >= 4 is 22.0 Å². The summed E-state index contributed by atoms with van der Waals surface area (Å²) in [5, 5.41) is 24.2. The van der Waals surface area contributed by atoms with Gasteiger partial charge in [0.05, 0.1) is 11.0 Å². The molecule has 0 aliphatic carbocycles. The third-order valence-corrected chi connectivity index (χ3v) is 4.69. The fourth-order valence-electron chi connectivity index (χ4n) is 2.07. The lowest BCUT2D eigenvalue weighted by molar-refractivity contribution is -0.383. The molecule has 1 aromatic carbocycles. The standard InChI is InChI=1S/C16H20N2O3S/c1-10(2)13-6-4-12(5-7-13)9-17-16-14(18(20)21)8-15(22-16)11(3)19/h4-8,10-11,17,19H,9H2,1-3H3/t11-/m1/s1. The van der Waals surface area contributed by atoms with Crippen molar-refractivity contribution in [1.82, 2.24) is 0 Å². The number of anilines is 1. The maximum Gasteiger partial charge on any atom is 0.303 e. The maximum absolute atomic E-state index is 11.1. The number of hydrogen-bond acceptors (Lipinski definition) is 5. The van der Waals surface area contributed by atoms with E-state index in [0.29, 0.717) is 22.3 Å². The Labute approximate surface area is 133 Å². The molecule has 1 heterocycles. The first-order chi connectivity index (χ1) is 10.4. The van der Waals surface area contributed by atoms with E-state index < -0.39 is 11.0 Å². The number of thiophene rings is 1. The predicted molar refractivity (Wildman–Crippen MR) is 89.5 cm³/mol. The molecule has 0 radical (unpaired) electrons.